The van der Waals surface area contributed by atoms with Gasteiger partial charge in [0.2, 0.25) is 0 Å². The number of hydrogen-bond donors (Lipinski definition) is 2. The van der Waals surface area contributed by atoms with Gasteiger partial charge in [0.05, 0.1) is 17.1 Å². The second-order valence-electron chi connectivity index (χ2n) is 3.89. The van der Waals surface area contributed by atoms with Crippen LogP contribution in [0.2, 0.25) is 0 Å². The van der Waals surface area contributed by atoms with Gasteiger partial charge in [-0.25, -0.2) is 14.5 Å². The molecule has 0 saturated heterocycles. The molecule has 100 valence electrons. The topological polar surface area (TPSA) is 101 Å². The van der Waals surface area contributed by atoms with Crippen molar-refractivity contribution in [2.24, 2.45) is 0 Å². The maximum Gasteiger partial charge on any atom is 0.348 e. The van der Waals surface area contributed by atoms with Crippen molar-refractivity contribution in [1.29, 1.82) is 0 Å². The Kier molecular flexibility index (Phi) is 3.70. The van der Waals surface area contributed by atoms with Crippen LogP contribution in [0.1, 0.15) is 11.3 Å². The van der Waals surface area contributed by atoms with E-state index in [-0.39, 0.29) is 5.75 Å². The minimum Gasteiger partial charge on any atom is -0.481 e. The Hall–Kier alpha value is -2.09. The fourth-order valence-corrected chi connectivity index (χ4v) is 2.39. The predicted octanol–water partition coefficient (Wildman–Crippen LogP) is 0.749. The molecule has 0 aliphatic heterocycles. The van der Waals surface area contributed by atoms with Crippen molar-refractivity contribution >= 4 is 17.7 Å². The number of pyridine rings is 1. The average molecular weight is 280 g/mol. The largest absolute Gasteiger partial charge is 0.481 e. The van der Waals surface area contributed by atoms with Gasteiger partial charge in [-0.15, -0.1) is 5.10 Å². The zero-order chi connectivity index (χ0) is 14.0. The van der Waals surface area contributed by atoms with Crippen LogP contribution in [-0.2, 0) is 4.79 Å². The number of aromatic amines is 1. The molecule has 2 rings (SSSR count). The second kappa shape index (κ2) is 5.27. The molecule has 0 aromatic carbocycles. The lowest BCUT2D eigenvalue weighted by molar-refractivity contribution is -0.133. The van der Waals surface area contributed by atoms with Crippen molar-refractivity contribution in [2.75, 3.05) is 5.75 Å². The van der Waals surface area contributed by atoms with Gasteiger partial charge in [0.1, 0.15) is 0 Å². The number of aromatic nitrogens is 4. The van der Waals surface area contributed by atoms with Gasteiger partial charge in [-0.2, -0.15) is 0 Å². The predicted molar refractivity (Wildman–Crippen MR) is 69.8 cm³/mol. The van der Waals surface area contributed by atoms with Gasteiger partial charge in [-0.1, -0.05) is 11.8 Å². The monoisotopic (exact) mass is 280 g/mol. The summed E-state index contributed by atoms with van der Waals surface area (Å²) in [5.74, 6) is -1.13. The van der Waals surface area contributed by atoms with Crippen LogP contribution in [0.15, 0.2) is 22.2 Å². The molecular weight excluding hydrogens is 268 g/mol. The van der Waals surface area contributed by atoms with E-state index >= 15 is 0 Å². The zero-order valence-corrected chi connectivity index (χ0v) is 11.2. The first-order chi connectivity index (χ1) is 9.00. The average Bonchev–Trinajstić information content (AvgIpc) is 2.69. The molecule has 0 aliphatic carbocycles. The summed E-state index contributed by atoms with van der Waals surface area (Å²) in [6, 6.07) is 1.79. The van der Waals surface area contributed by atoms with E-state index < -0.39 is 11.7 Å². The van der Waals surface area contributed by atoms with Gasteiger partial charge >= 0.3 is 11.7 Å². The summed E-state index contributed by atoms with van der Waals surface area (Å²) in [5, 5.41) is 15.2. The molecule has 2 aromatic rings. The van der Waals surface area contributed by atoms with E-state index in [4.69, 9.17) is 5.11 Å². The Bertz CT molecular complexity index is 657. The highest BCUT2D eigenvalue weighted by atomic mass is 32.2. The van der Waals surface area contributed by atoms with Crippen molar-refractivity contribution in [3.05, 3.63) is 34.0 Å². The van der Waals surface area contributed by atoms with Crippen molar-refractivity contribution in [1.82, 2.24) is 19.7 Å². The van der Waals surface area contributed by atoms with E-state index in [1.807, 2.05) is 6.92 Å². The molecule has 2 N–H and O–H groups in total. The van der Waals surface area contributed by atoms with Crippen molar-refractivity contribution in [3.63, 3.8) is 0 Å². The third kappa shape index (κ3) is 2.68. The third-order valence-corrected chi connectivity index (χ3v) is 3.42. The number of nitrogens with zero attached hydrogens (tertiary/aromatic N) is 3. The van der Waals surface area contributed by atoms with Crippen LogP contribution in [0, 0.1) is 13.8 Å². The molecule has 0 amide bonds. The van der Waals surface area contributed by atoms with Crippen LogP contribution in [-0.4, -0.2) is 36.6 Å². The van der Waals surface area contributed by atoms with Crippen LogP contribution < -0.4 is 5.69 Å². The highest BCUT2D eigenvalue weighted by Gasteiger charge is 2.16. The number of aliphatic carboxylic acids is 1. The quantitative estimate of drug-likeness (QED) is 0.801. The molecule has 0 unspecified atom stereocenters. The van der Waals surface area contributed by atoms with Crippen molar-refractivity contribution < 1.29 is 9.90 Å². The molecule has 0 fully saturated rings. The number of nitrogens with one attached hydrogen (secondary N) is 1. The van der Waals surface area contributed by atoms with Crippen LogP contribution in [0.5, 0.6) is 0 Å². The maximum absolute atomic E-state index is 11.8. The summed E-state index contributed by atoms with van der Waals surface area (Å²) in [4.78, 5) is 26.6. The van der Waals surface area contributed by atoms with Gasteiger partial charge in [-0.05, 0) is 25.5 Å². The lowest BCUT2D eigenvalue weighted by Crippen LogP contribution is -2.18. The molecule has 0 atom stereocenters. The molecule has 0 bridgehead atoms. The van der Waals surface area contributed by atoms with Crippen LogP contribution in [0.3, 0.4) is 0 Å². The van der Waals surface area contributed by atoms with Gasteiger partial charge in [0.25, 0.3) is 0 Å². The molecular formula is C11H12N4O3S. The SMILES string of the molecule is Cc1ccnc(C)c1-n1c(SCC(=O)O)n[nH]c1=O. The Morgan fingerprint density at radius 2 is 2.26 bits per heavy atom. The van der Waals surface area contributed by atoms with Gasteiger partial charge < -0.3 is 5.11 Å². The number of hydrogen-bond acceptors (Lipinski definition) is 5. The maximum atomic E-state index is 11.8. The first kappa shape index (κ1) is 13.3. The van der Waals surface area contributed by atoms with E-state index in [0.717, 1.165) is 17.3 Å². The first-order valence-corrected chi connectivity index (χ1v) is 6.44. The number of carboxylic acids is 1. The highest BCUT2D eigenvalue weighted by molar-refractivity contribution is 7.99. The highest BCUT2D eigenvalue weighted by Crippen LogP contribution is 2.21. The molecule has 0 saturated carbocycles. The standard InChI is InChI=1S/C11H12N4O3S/c1-6-3-4-12-7(2)9(6)15-10(18)13-14-11(15)19-5-8(16)17/h3-4H,5H2,1-2H3,(H,13,18)(H,16,17). The van der Waals surface area contributed by atoms with Crippen molar-refractivity contribution in [3.8, 4) is 5.69 Å². The zero-order valence-electron chi connectivity index (χ0n) is 10.4. The Balaban J connectivity index is 2.53. The van der Waals surface area contributed by atoms with Crippen LogP contribution in [0.25, 0.3) is 5.69 Å². The minimum atomic E-state index is -0.966. The van der Waals surface area contributed by atoms with E-state index in [9.17, 15) is 9.59 Å². The van der Waals surface area contributed by atoms with E-state index in [0.29, 0.717) is 16.5 Å². The first-order valence-electron chi connectivity index (χ1n) is 5.45. The summed E-state index contributed by atoms with van der Waals surface area (Å²) in [6.45, 7) is 3.64. The lowest BCUT2D eigenvalue weighted by Gasteiger charge is -2.10. The number of thioether (sulfide) groups is 1. The van der Waals surface area contributed by atoms with Gasteiger partial charge in [0.15, 0.2) is 5.16 Å². The molecule has 8 heteroatoms. The summed E-state index contributed by atoms with van der Waals surface area (Å²) in [6.07, 6.45) is 1.66. The summed E-state index contributed by atoms with van der Waals surface area (Å²) >= 11 is 0.982. The summed E-state index contributed by atoms with van der Waals surface area (Å²) < 4.78 is 1.35. The van der Waals surface area contributed by atoms with E-state index in [1.54, 1.807) is 19.2 Å². The third-order valence-electron chi connectivity index (χ3n) is 2.50. The molecule has 19 heavy (non-hydrogen) atoms. The summed E-state index contributed by atoms with van der Waals surface area (Å²) in [5.41, 5.74) is 1.77. The fraction of sp³-hybridized carbons (Fsp3) is 0.273. The van der Waals surface area contributed by atoms with Crippen molar-refractivity contribution in [2.45, 2.75) is 19.0 Å². The number of rotatable bonds is 4. The van der Waals surface area contributed by atoms with Gasteiger partial charge in [-0.3, -0.25) is 9.78 Å². The molecule has 0 spiro atoms. The Labute approximate surface area is 112 Å². The number of carboxylic acid groups (broad SMARTS) is 1. The Morgan fingerprint density at radius 1 is 1.53 bits per heavy atom. The molecule has 2 heterocycles. The van der Waals surface area contributed by atoms with Crippen LogP contribution in [0.4, 0.5) is 0 Å². The van der Waals surface area contributed by atoms with E-state index in [1.165, 1.54) is 4.57 Å². The Morgan fingerprint density at radius 3 is 2.89 bits per heavy atom. The number of aryl methyl sites for hydroxylation is 2. The molecule has 0 aliphatic rings. The lowest BCUT2D eigenvalue weighted by atomic mass is 10.2. The number of carbonyl (C=O) groups is 1. The minimum absolute atomic E-state index is 0.164. The number of H-pyrrole nitrogens is 1. The fourth-order valence-electron chi connectivity index (χ4n) is 1.73. The summed E-state index contributed by atoms with van der Waals surface area (Å²) in [7, 11) is 0. The van der Waals surface area contributed by atoms with Crippen LogP contribution >= 0.6 is 11.8 Å². The second-order valence-corrected chi connectivity index (χ2v) is 4.83. The molecule has 2 aromatic heterocycles. The molecule has 7 nitrogen and oxygen atoms in total. The van der Waals surface area contributed by atoms with Gasteiger partial charge in [0, 0.05) is 6.20 Å². The smallest absolute Gasteiger partial charge is 0.348 e. The van der Waals surface area contributed by atoms with E-state index in [2.05, 4.69) is 15.2 Å². The molecule has 0 radical (unpaired) electrons. The normalized spacial score (nSPS) is 10.6.